The van der Waals surface area contributed by atoms with Crippen molar-refractivity contribution in [3.05, 3.63) is 60.2 Å². The number of hydrogen-bond acceptors (Lipinski definition) is 6. The van der Waals surface area contributed by atoms with E-state index in [2.05, 4.69) is 15.2 Å². The van der Waals surface area contributed by atoms with E-state index < -0.39 is 21.8 Å². The summed E-state index contributed by atoms with van der Waals surface area (Å²) in [5.41, 5.74) is -0.990. The van der Waals surface area contributed by atoms with Crippen LogP contribution in [0.2, 0.25) is 0 Å². The number of alkyl halides is 3. The normalized spacial score (nSPS) is 15.9. The molecule has 3 aromatic rings. The van der Waals surface area contributed by atoms with E-state index in [1.54, 1.807) is 29.1 Å². The first-order valence-electron chi connectivity index (χ1n) is 9.43. The first-order valence-corrected chi connectivity index (χ1v) is 10.9. The van der Waals surface area contributed by atoms with E-state index in [9.17, 15) is 21.6 Å². The Kier molecular flexibility index (Phi) is 5.43. The highest BCUT2D eigenvalue weighted by Gasteiger charge is 2.34. The van der Waals surface area contributed by atoms with E-state index in [1.165, 1.54) is 10.4 Å². The summed E-state index contributed by atoms with van der Waals surface area (Å²) in [4.78, 5) is 5.66. The Hall–Kier alpha value is -2.99. The molecule has 164 valence electrons. The summed E-state index contributed by atoms with van der Waals surface area (Å²) in [6, 6.07) is 7.39. The molecule has 0 spiro atoms. The topological polar surface area (TPSA) is 84.2 Å². The Morgan fingerprint density at radius 2 is 1.65 bits per heavy atom. The summed E-state index contributed by atoms with van der Waals surface area (Å²) >= 11 is 0. The van der Waals surface area contributed by atoms with Crippen LogP contribution < -0.4 is 4.90 Å². The van der Waals surface area contributed by atoms with Crippen molar-refractivity contribution >= 4 is 15.8 Å². The molecule has 3 heterocycles. The van der Waals surface area contributed by atoms with Crippen LogP contribution in [0, 0.1) is 6.92 Å². The average molecular weight is 452 g/mol. The van der Waals surface area contributed by atoms with E-state index in [4.69, 9.17) is 0 Å². The number of benzene rings is 1. The van der Waals surface area contributed by atoms with Crippen molar-refractivity contribution in [2.75, 3.05) is 31.1 Å². The Bertz CT molecular complexity index is 1170. The van der Waals surface area contributed by atoms with Gasteiger partial charge in [-0.1, -0.05) is 6.07 Å². The minimum atomic E-state index is -4.61. The number of aryl methyl sites for hydroxylation is 1. The zero-order valence-corrected chi connectivity index (χ0v) is 17.3. The molecular formula is C19H19F3N6O2S. The summed E-state index contributed by atoms with van der Waals surface area (Å²) in [6.07, 6.45) is -1.17. The van der Waals surface area contributed by atoms with Gasteiger partial charge in [0.1, 0.15) is 5.82 Å². The Morgan fingerprint density at radius 1 is 0.968 bits per heavy atom. The maximum Gasteiger partial charge on any atom is 0.416 e. The van der Waals surface area contributed by atoms with Crippen molar-refractivity contribution in [3.8, 4) is 5.82 Å². The fourth-order valence-electron chi connectivity index (χ4n) is 3.37. The monoisotopic (exact) mass is 452 g/mol. The second-order valence-corrected chi connectivity index (χ2v) is 8.95. The number of nitrogens with zero attached hydrogens (tertiary/aromatic N) is 6. The number of rotatable bonds is 4. The minimum absolute atomic E-state index is 0.128. The number of imidazole rings is 1. The van der Waals surface area contributed by atoms with E-state index in [0.29, 0.717) is 30.8 Å². The fourth-order valence-corrected chi connectivity index (χ4v) is 4.84. The Morgan fingerprint density at radius 3 is 2.23 bits per heavy atom. The highest BCUT2D eigenvalue weighted by atomic mass is 32.2. The first-order chi connectivity index (χ1) is 14.7. The second kappa shape index (κ2) is 7.93. The lowest BCUT2D eigenvalue weighted by Crippen LogP contribution is -2.49. The third-order valence-electron chi connectivity index (χ3n) is 5.07. The first kappa shape index (κ1) is 21.2. The number of halogens is 3. The molecule has 1 fully saturated rings. The third-order valence-corrected chi connectivity index (χ3v) is 6.97. The lowest BCUT2D eigenvalue weighted by atomic mass is 10.2. The van der Waals surface area contributed by atoms with Crippen LogP contribution in [-0.4, -0.2) is 58.7 Å². The van der Waals surface area contributed by atoms with Crippen molar-refractivity contribution in [1.29, 1.82) is 0 Å². The molecule has 4 rings (SSSR count). The van der Waals surface area contributed by atoms with Gasteiger partial charge in [0.2, 0.25) is 10.0 Å². The molecule has 8 nitrogen and oxygen atoms in total. The van der Waals surface area contributed by atoms with Gasteiger partial charge in [0, 0.05) is 38.6 Å². The molecule has 1 aliphatic heterocycles. The van der Waals surface area contributed by atoms with Gasteiger partial charge < -0.3 is 4.90 Å². The maximum absolute atomic E-state index is 12.9. The van der Waals surface area contributed by atoms with Crippen molar-refractivity contribution in [2.45, 2.75) is 18.0 Å². The number of aromatic nitrogens is 4. The lowest BCUT2D eigenvalue weighted by molar-refractivity contribution is -0.137. The molecular weight excluding hydrogens is 433 g/mol. The molecule has 2 aromatic heterocycles. The summed E-state index contributed by atoms with van der Waals surface area (Å²) in [5, 5.41) is 8.42. The molecule has 0 aliphatic carbocycles. The molecule has 0 bridgehead atoms. The lowest BCUT2D eigenvalue weighted by Gasteiger charge is -2.34. The molecule has 0 saturated carbocycles. The van der Waals surface area contributed by atoms with Crippen molar-refractivity contribution in [2.24, 2.45) is 0 Å². The standard InChI is InChI=1S/C19H19F3N6O2S/c1-14-23-7-8-28(14)18-6-5-17(24-25-18)26-9-11-27(12-10-26)31(29,30)16-4-2-3-15(13-16)19(20,21)22/h2-8,13H,9-12H2,1H3. The molecule has 0 amide bonds. The van der Waals surface area contributed by atoms with Crippen molar-refractivity contribution in [1.82, 2.24) is 24.1 Å². The number of piperazine rings is 1. The molecule has 0 atom stereocenters. The van der Waals surface area contributed by atoms with Gasteiger partial charge in [-0.2, -0.15) is 17.5 Å². The molecule has 1 saturated heterocycles. The number of hydrogen-bond donors (Lipinski definition) is 0. The summed E-state index contributed by atoms with van der Waals surface area (Å²) in [5.74, 6) is 1.98. The van der Waals surface area contributed by atoms with Crippen LogP contribution in [0.25, 0.3) is 5.82 Å². The van der Waals surface area contributed by atoms with Gasteiger partial charge in [0.15, 0.2) is 11.6 Å². The van der Waals surface area contributed by atoms with Crippen LogP contribution in [0.1, 0.15) is 11.4 Å². The van der Waals surface area contributed by atoms with Gasteiger partial charge in [0.05, 0.1) is 10.5 Å². The van der Waals surface area contributed by atoms with Crippen LogP contribution in [0.15, 0.2) is 53.7 Å². The van der Waals surface area contributed by atoms with E-state index >= 15 is 0 Å². The Labute approximate surface area is 177 Å². The smallest absolute Gasteiger partial charge is 0.352 e. The van der Waals surface area contributed by atoms with Gasteiger partial charge in [-0.05, 0) is 37.3 Å². The number of sulfonamides is 1. The number of anilines is 1. The van der Waals surface area contributed by atoms with E-state index in [-0.39, 0.29) is 18.0 Å². The van der Waals surface area contributed by atoms with Crippen LogP contribution in [-0.2, 0) is 16.2 Å². The highest BCUT2D eigenvalue weighted by molar-refractivity contribution is 7.89. The quantitative estimate of drug-likeness (QED) is 0.605. The molecule has 12 heteroatoms. The van der Waals surface area contributed by atoms with Gasteiger partial charge in [-0.3, -0.25) is 4.57 Å². The SMILES string of the molecule is Cc1nccn1-c1ccc(N2CCN(S(=O)(=O)c3cccc(C(F)(F)F)c3)CC2)nn1. The van der Waals surface area contributed by atoms with Crippen LogP contribution >= 0.6 is 0 Å². The predicted octanol–water partition coefficient (Wildman–Crippen LogP) is 2.50. The average Bonchev–Trinajstić information content (AvgIpc) is 3.19. The second-order valence-electron chi connectivity index (χ2n) is 7.01. The molecule has 0 N–H and O–H groups in total. The van der Waals surface area contributed by atoms with Crippen LogP contribution in [0.3, 0.4) is 0 Å². The van der Waals surface area contributed by atoms with Crippen LogP contribution in [0.4, 0.5) is 19.0 Å². The minimum Gasteiger partial charge on any atom is -0.352 e. The van der Waals surface area contributed by atoms with E-state index in [0.717, 1.165) is 18.0 Å². The molecule has 31 heavy (non-hydrogen) atoms. The van der Waals surface area contributed by atoms with E-state index in [1.807, 2.05) is 11.8 Å². The van der Waals surface area contributed by atoms with Crippen molar-refractivity contribution < 1.29 is 21.6 Å². The van der Waals surface area contributed by atoms with Gasteiger partial charge in [0.25, 0.3) is 0 Å². The van der Waals surface area contributed by atoms with Gasteiger partial charge in [-0.25, -0.2) is 13.4 Å². The summed E-state index contributed by atoms with van der Waals surface area (Å²) in [6.45, 7) is 2.79. The molecule has 0 unspecified atom stereocenters. The molecule has 1 aliphatic rings. The zero-order valence-electron chi connectivity index (χ0n) is 16.5. The third kappa shape index (κ3) is 4.26. The van der Waals surface area contributed by atoms with Crippen molar-refractivity contribution in [3.63, 3.8) is 0 Å². The predicted molar refractivity (Wildman–Crippen MR) is 106 cm³/mol. The summed E-state index contributed by atoms with van der Waals surface area (Å²) < 4.78 is 67.5. The Balaban J connectivity index is 1.45. The highest BCUT2D eigenvalue weighted by Crippen LogP contribution is 2.31. The maximum atomic E-state index is 12.9. The van der Waals surface area contributed by atoms with Gasteiger partial charge in [-0.15, -0.1) is 10.2 Å². The molecule has 1 aromatic carbocycles. The van der Waals surface area contributed by atoms with Crippen LogP contribution in [0.5, 0.6) is 0 Å². The largest absolute Gasteiger partial charge is 0.416 e. The summed E-state index contributed by atoms with van der Waals surface area (Å²) in [7, 11) is -4.03. The fraction of sp³-hybridized carbons (Fsp3) is 0.316. The zero-order chi connectivity index (χ0) is 22.2. The molecule has 0 radical (unpaired) electrons. The van der Waals surface area contributed by atoms with Gasteiger partial charge >= 0.3 is 6.18 Å².